The predicted molar refractivity (Wildman–Crippen MR) is 61.0 cm³/mol. The van der Waals surface area contributed by atoms with E-state index in [1.54, 1.807) is 20.3 Å². The smallest absolute Gasteiger partial charge is 0.271 e. The number of nitrogens with zero attached hydrogens (tertiary/aromatic N) is 2. The fourth-order valence-electron chi connectivity index (χ4n) is 1.24. The molecular weight excluding hydrogens is 188 g/mol. The second-order valence-corrected chi connectivity index (χ2v) is 4.88. The monoisotopic (exact) mass is 206 g/mol. The van der Waals surface area contributed by atoms with Crippen molar-refractivity contribution in [1.29, 1.82) is 0 Å². The van der Waals surface area contributed by atoms with Crippen molar-refractivity contribution >= 4 is 5.91 Å². The maximum atomic E-state index is 11.7. The standard InChI is InChI=1S/C12H18N2O/c1-12(2,3)9-6-7-13-10(8-9)11(15)14(4)5/h6-8H,1-5H3. The lowest BCUT2D eigenvalue weighted by molar-refractivity contribution is 0.0822. The number of carbonyl (C=O) groups excluding carboxylic acids is 1. The van der Waals surface area contributed by atoms with Gasteiger partial charge in [0.15, 0.2) is 0 Å². The number of rotatable bonds is 1. The van der Waals surface area contributed by atoms with Gasteiger partial charge >= 0.3 is 0 Å². The molecule has 0 spiro atoms. The molecule has 0 aliphatic rings. The van der Waals surface area contributed by atoms with Gasteiger partial charge in [-0.15, -0.1) is 0 Å². The Kier molecular flexibility index (Phi) is 3.12. The maximum absolute atomic E-state index is 11.7. The molecule has 0 saturated heterocycles. The van der Waals surface area contributed by atoms with Crippen molar-refractivity contribution < 1.29 is 4.79 Å². The summed E-state index contributed by atoms with van der Waals surface area (Å²) in [6, 6.07) is 3.81. The van der Waals surface area contributed by atoms with E-state index < -0.39 is 0 Å². The van der Waals surface area contributed by atoms with E-state index in [2.05, 4.69) is 25.8 Å². The third-order valence-electron chi connectivity index (χ3n) is 2.25. The van der Waals surface area contributed by atoms with Crippen molar-refractivity contribution in [3.63, 3.8) is 0 Å². The molecule has 0 fully saturated rings. The van der Waals surface area contributed by atoms with Gasteiger partial charge in [0.25, 0.3) is 5.91 Å². The van der Waals surface area contributed by atoms with Crippen LogP contribution in [0.25, 0.3) is 0 Å². The highest BCUT2D eigenvalue weighted by molar-refractivity contribution is 5.92. The number of amides is 1. The van der Waals surface area contributed by atoms with Gasteiger partial charge in [-0.2, -0.15) is 0 Å². The van der Waals surface area contributed by atoms with Gasteiger partial charge in [0.05, 0.1) is 0 Å². The average molecular weight is 206 g/mol. The van der Waals surface area contributed by atoms with Crippen molar-refractivity contribution in [3.05, 3.63) is 29.6 Å². The van der Waals surface area contributed by atoms with Crippen LogP contribution in [0, 0.1) is 0 Å². The van der Waals surface area contributed by atoms with E-state index in [1.165, 1.54) is 4.90 Å². The van der Waals surface area contributed by atoms with Crippen LogP contribution in [-0.2, 0) is 5.41 Å². The molecule has 0 aliphatic heterocycles. The van der Waals surface area contributed by atoms with Gasteiger partial charge in [0, 0.05) is 20.3 Å². The Morgan fingerprint density at radius 2 is 1.93 bits per heavy atom. The lowest BCUT2D eigenvalue weighted by atomic mass is 9.87. The predicted octanol–water partition coefficient (Wildman–Crippen LogP) is 2.08. The molecular formula is C12H18N2O. The molecule has 0 unspecified atom stereocenters. The summed E-state index contributed by atoms with van der Waals surface area (Å²) in [6.45, 7) is 6.35. The van der Waals surface area contributed by atoms with Crippen molar-refractivity contribution in [2.75, 3.05) is 14.1 Å². The summed E-state index contributed by atoms with van der Waals surface area (Å²) in [4.78, 5) is 17.3. The molecule has 1 amide bonds. The lowest BCUT2D eigenvalue weighted by Gasteiger charge is -2.19. The molecule has 0 bridgehead atoms. The van der Waals surface area contributed by atoms with Crippen LogP contribution < -0.4 is 0 Å². The third-order valence-corrected chi connectivity index (χ3v) is 2.25. The Morgan fingerprint density at radius 1 is 1.33 bits per heavy atom. The number of hydrogen-bond donors (Lipinski definition) is 0. The summed E-state index contributed by atoms with van der Waals surface area (Å²) >= 11 is 0. The molecule has 0 aliphatic carbocycles. The number of pyridine rings is 1. The second kappa shape index (κ2) is 4.01. The first-order valence-electron chi connectivity index (χ1n) is 5.00. The van der Waals surface area contributed by atoms with Gasteiger partial charge in [-0.3, -0.25) is 9.78 Å². The summed E-state index contributed by atoms with van der Waals surface area (Å²) in [6.07, 6.45) is 1.69. The molecule has 0 radical (unpaired) electrons. The van der Waals surface area contributed by atoms with E-state index in [9.17, 15) is 4.79 Å². The minimum Gasteiger partial charge on any atom is -0.343 e. The Balaban J connectivity index is 3.09. The topological polar surface area (TPSA) is 33.2 Å². The highest BCUT2D eigenvalue weighted by atomic mass is 16.2. The highest BCUT2D eigenvalue weighted by Gasteiger charge is 2.17. The quantitative estimate of drug-likeness (QED) is 0.705. The van der Waals surface area contributed by atoms with Crippen LogP contribution in [0.4, 0.5) is 0 Å². The molecule has 0 N–H and O–H groups in total. The van der Waals surface area contributed by atoms with Crippen molar-refractivity contribution in [2.24, 2.45) is 0 Å². The van der Waals surface area contributed by atoms with E-state index >= 15 is 0 Å². The second-order valence-electron chi connectivity index (χ2n) is 4.88. The van der Waals surface area contributed by atoms with Crippen molar-refractivity contribution in [2.45, 2.75) is 26.2 Å². The Labute approximate surface area is 91.1 Å². The van der Waals surface area contributed by atoms with E-state index in [4.69, 9.17) is 0 Å². The fraction of sp³-hybridized carbons (Fsp3) is 0.500. The molecule has 3 heteroatoms. The lowest BCUT2D eigenvalue weighted by Crippen LogP contribution is -2.23. The van der Waals surface area contributed by atoms with Crippen molar-refractivity contribution in [1.82, 2.24) is 9.88 Å². The number of hydrogen-bond acceptors (Lipinski definition) is 2. The zero-order chi connectivity index (χ0) is 11.6. The highest BCUT2D eigenvalue weighted by Crippen LogP contribution is 2.22. The largest absolute Gasteiger partial charge is 0.343 e. The minimum atomic E-state index is -0.0545. The average Bonchev–Trinajstić information content (AvgIpc) is 2.15. The molecule has 1 aromatic heterocycles. The van der Waals surface area contributed by atoms with Crippen LogP contribution in [0.1, 0.15) is 36.8 Å². The zero-order valence-electron chi connectivity index (χ0n) is 10.0. The van der Waals surface area contributed by atoms with Gasteiger partial charge in [0.2, 0.25) is 0 Å². The van der Waals surface area contributed by atoms with E-state index in [0.29, 0.717) is 5.69 Å². The molecule has 82 valence electrons. The first-order chi connectivity index (χ1) is 6.82. The van der Waals surface area contributed by atoms with Crippen LogP contribution in [0.3, 0.4) is 0 Å². The summed E-state index contributed by atoms with van der Waals surface area (Å²) in [5.41, 5.74) is 1.68. The molecule has 0 saturated carbocycles. The van der Waals surface area contributed by atoms with Gasteiger partial charge in [0.1, 0.15) is 5.69 Å². The summed E-state index contributed by atoms with van der Waals surface area (Å²) in [5, 5.41) is 0. The van der Waals surface area contributed by atoms with Crippen LogP contribution in [0.15, 0.2) is 18.3 Å². The molecule has 1 rings (SSSR count). The van der Waals surface area contributed by atoms with Crippen LogP contribution in [0.5, 0.6) is 0 Å². The molecule has 0 aromatic carbocycles. The maximum Gasteiger partial charge on any atom is 0.271 e. The third kappa shape index (κ3) is 2.78. The molecule has 0 atom stereocenters. The van der Waals surface area contributed by atoms with Crippen LogP contribution in [-0.4, -0.2) is 29.9 Å². The molecule has 3 nitrogen and oxygen atoms in total. The molecule has 1 aromatic rings. The summed E-state index contributed by atoms with van der Waals surface area (Å²) in [5.74, 6) is -0.0545. The normalized spacial score (nSPS) is 11.3. The first kappa shape index (κ1) is 11.7. The van der Waals surface area contributed by atoms with Gasteiger partial charge in [-0.1, -0.05) is 20.8 Å². The SMILES string of the molecule is CN(C)C(=O)c1cc(C(C)(C)C)ccn1. The van der Waals surface area contributed by atoms with E-state index in [1.807, 2.05) is 12.1 Å². The molecule has 1 heterocycles. The minimum absolute atomic E-state index is 0.0459. The van der Waals surface area contributed by atoms with Gasteiger partial charge in [-0.05, 0) is 23.1 Å². The Bertz CT molecular complexity index is 364. The number of aromatic nitrogens is 1. The summed E-state index contributed by atoms with van der Waals surface area (Å²) in [7, 11) is 3.46. The van der Waals surface area contributed by atoms with Crippen LogP contribution >= 0.6 is 0 Å². The van der Waals surface area contributed by atoms with E-state index in [0.717, 1.165) is 5.56 Å². The molecule has 15 heavy (non-hydrogen) atoms. The fourth-order valence-corrected chi connectivity index (χ4v) is 1.24. The Morgan fingerprint density at radius 3 is 2.40 bits per heavy atom. The Hall–Kier alpha value is -1.38. The van der Waals surface area contributed by atoms with Crippen LogP contribution in [0.2, 0.25) is 0 Å². The number of carbonyl (C=O) groups is 1. The zero-order valence-corrected chi connectivity index (χ0v) is 10.0. The van der Waals surface area contributed by atoms with Crippen molar-refractivity contribution in [3.8, 4) is 0 Å². The summed E-state index contributed by atoms with van der Waals surface area (Å²) < 4.78 is 0. The first-order valence-corrected chi connectivity index (χ1v) is 5.00. The van der Waals surface area contributed by atoms with E-state index in [-0.39, 0.29) is 11.3 Å². The van der Waals surface area contributed by atoms with Gasteiger partial charge in [-0.25, -0.2) is 0 Å². The van der Waals surface area contributed by atoms with Gasteiger partial charge < -0.3 is 4.90 Å².